The maximum Gasteiger partial charge on any atom is 0.255 e. The van der Waals surface area contributed by atoms with Crippen LogP contribution in [0, 0.1) is 18.3 Å². The Hall–Kier alpha value is -3.31. The molecule has 4 heterocycles. The maximum absolute atomic E-state index is 13.2. The summed E-state index contributed by atoms with van der Waals surface area (Å²) in [5.74, 6) is 0.971. The molecule has 4 rings (SSSR count). The van der Waals surface area contributed by atoms with Crippen LogP contribution in [0.3, 0.4) is 0 Å². The number of nitrogens with zero attached hydrogens (tertiary/aromatic N) is 5. The van der Waals surface area contributed by atoms with Crippen molar-refractivity contribution in [2.75, 3.05) is 13.1 Å². The van der Waals surface area contributed by atoms with E-state index < -0.39 is 0 Å². The number of carbonyl (C=O) groups excluding carboxylic acids is 1. The average Bonchev–Trinajstić information content (AvgIpc) is 3.25. The molecule has 3 aromatic heterocycles. The third-order valence-electron chi connectivity index (χ3n) is 4.89. The number of nitriles is 1. The van der Waals surface area contributed by atoms with Gasteiger partial charge in [0, 0.05) is 30.7 Å². The molecular formula is C21H19N5O2S. The van der Waals surface area contributed by atoms with E-state index in [4.69, 9.17) is 4.74 Å². The molecule has 1 aliphatic heterocycles. The molecule has 0 saturated carbocycles. The molecule has 1 saturated heterocycles. The monoisotopic (exact) mass is 405 g/mol. The van der Waals surface area contributed by atoms with E-state index in [2.05, 4.69) is 21.0 Å². The Morgan fingerprint density at radius 2 is 2.10 bits per heavy atom. The number of rotatable bonds is 4. The molecule has 0 N–H and O–H groups in total. The minimum atomic E-state index is -0.164. The highest BCUT2D eigenvalue weighted by atomic mass is 32.1. The van der Waals surface area contributed by atoms with Gasteiger partial charge >= 0.3 is 0 Å². The Morgan fingerprint density at radius 3 is 2.90 bits per heavy atom. The van der Waals surface area contributed by atoms with Crippen LogP contribution in [-0.4, -0.2) is 45.0 Å². The zero-order valence-electron chi connectivity index (χ0n) is 15.9. The van der Waals surface area contributed by atoms with E-state index in [9.17, 15) is 10.1 Å². The second kappa shape index (κ2) is 8.37. The normalized spacial score (nSPS) is 16.3. The average molecular weight is 405 g/mol. The Balaban J connectivity index is 1.51. The largest absolute Gasteiger partial charge is 0.472 e. The number of pyridine rings is 1. The summed E-state index contributed by atoms with van der Waals surface area (Å²) in [5, 5.41) is 11.1. The summed E-state index contributed by atoms with van der Waals surface area (Å²) >= 11 is 1.46. The fourth-order valence-corrected chi connectivity index (χ4v) is 4.20. The zero-order valence-corrected chi connectivity index (χ0v) is 16.7. The summed E-state index contributed by atoms with van der Waals surface area (Å²) in [7, 11) is 0. The summed E-state index contributed by atoms with van der Waals surface area (Å²) in [4.78, 5) is 28.6. The van der Waals surface area contributed by atoms with Crippen molar-refractivity contribution >= 4 is 17.2 Å². The van der Waals surface area contributed by atoms with Crippen LogP contribution < -0.4 is 4.74 Å². The molecular weight excluding hydrogens is 386 g/mol. The maximum atomic E-state index is 13.2. The second-order valence-corrected chi connectivity index (χ2v) is 7.69. The van der Waals surface area contributed by atoms with Gasteiger partial charge in [0.2, 0.25) is 5.88 Å². The molecule has 1 fully saturated rings. The second-order valence-electron chi connectivity index (χ2n) is 6.77. The third-order valence-corrected chi connectivity index (χ3v) is 5.80. The first-order valence-corrected chi connectivity index (χ1v) is 10.2. The van der Waals surface area contributed by atoms with Gasteiger partial charge in [-0.2, -0.15) is 5.26 Å². The number of amides is 1. The number of thiophene rings is 1. The number of likely N-dealkylation sites (tertiary alicyclic amines) is 1. The Labute approximate surface area is 172 Å². The van der Waals surface area contributed by atoms with Crippen molar-refractivity contribution in [2.45, 2.75) is 25.9 Å². The fraction of sp³-hybridized carbons (Fsp3) is 0.286. The topological polar surface area (TPSA) is 92.0 Å². The van der Waals surface area contributed by atoms with Crippen molar-refractivity contribution in [2.24, 2.45) is 0 Å². The summed E-state index contributed by atoms with van der Waals surface area (Å²) in [6, 6.07) is 7.39. The first-order valence-electron chi connectivity index (χ1n) is 9.34. The minimum absolute atomic E-state index is 0.0440. The van der Waals surface area contributed by atoms with Crippen LogP contribution in [0.25, 0.3) is 10.7 Å². The molecule has 0 aromatic carbocycles. The summed E-state index contributed by atoms with van der Waals surface area (Å²) in [6.07, 6.45) is 6.43. The van der Waals surface area contributed by atoms with E-state index in [0.29, 0.717) is 35.9 Å². The van der Waals surface area contributed by atoms with Gasteiger partial charge in [0.25, 0.3) is 5.91 Å². The van der Waals surface area contributed by atoms with E-state index in [1.807, 2.05) is 23.3 Å². The molecule has 1 amide bonds. The van der Waals surface area contributed by atoms with Gasteiger partial charge < -0.3 is 9.64 Å². The van der Waals surface area contributed by atoms with Gasteiger partial charge in [-0.05, 0) is 43.3 Å². The highest BCUT2D eigenvalue weighted by Gasteiger charge is 2.28. The van der Waals surface area contributed by atoms with Crippen LogP contribution in [0.15, 0.2) is 42.2 Å². The summed E-state index contributed by atoms with van der Waals surface area (Å²) in [5.41, 5.74) is 1.88. The molecule has 8 heteroatoms. The van der Waals surface area contributed by atoms with Crippen molar-refractivity contribution in [3.63, 3.8) is 0 Å². The molecule has 0 aliphatic carbocycles. The minimum Gasteiger partial charge on any atom is -0.472 e. The van der Waals surface area contributed by atoms with Gasteiger partial charge in [0.15, 0.2) is 5.82 Å². The highest BCUT2D eigenvalue weighted by molar-refractivity contribution is 7.14. The van der Waals surface area contributed by atoms with E-state index in [0.717, 1.165) is 23.3 Å². The molecule has 0 unspecified atom stereocenters. The van der Waals surface area contributed by atoms with Crippen LogP contribution in [0.1, 0.15) is 34.3 Å². The quantitative estimate of drug-likeness (QED) is 0.660. The zero-order chi connectivity index (χ0) is 20.2. The summed E-state index contributed by atoms with van der Waals surface area (Å²) < 4.78 is 6.06. The van der Waals surface area contributed by atoms with Crippen molar-refractivity contribution in [3.05, 3.63) is 58.9 Å². The predicted molar refractivity (Wildman–Crippen MR) is 109 cm³/mol. The lowest BCUT2D eigenvalue weighted by atomic mass is 10.1. The van der Waals surface area contributed by atoms with Gasteiger partial charge in [-0.1, -0.05) is 0 Å². The SMILES string of the molecule is Cc1c(C#N)ccnc1O[C@@H]1CCCN(C(=O)c2ccsc2-c2ncccn2)C1. The number of hydrogen-bond donors (Lipinski definition) is 0. The van der Waals surface area contributed by atoms with Crippen molar-refractivity contribution in [1.82, 2.24) is 19.9 Å². The van der Waals surface area contributed by atoms with Gasteiger partial charge in [-0.15, -0.1) is 11.3 Å². The van der Waals surface area contributed by atoms with Crippen LogP contribution in [-0.2, 0) is 0 Å². The fourth-order valence-electron chi connectivity index (χ4n) is 3.37. The third kappa shape index (κ3) is 3.96. The van der Waals surface area contributed by atoms with E-state index in [-0.39, 0.29) is 12.0 Å². The number of piperidine rings is 1. The van der Waals surface area contributed by atoms with Crippen molar-refractivity contribution in [3.8, 4) is 22.7 Å². The summed E-state index contributed by atoms with van der Waals surface area (Å²) in [6.45, 7) is 2.97. The van der Waals surface area contributed by atoms with Crippen LogP contribution >= 0.6 is 11.3 Å². The van der Waals surface area contributed by atoms with Crippen LogP contribution in [0.4, 0.5) is 0 Å². The van der Waals surface area contributed by atoms with Gasteiger partial charge in [-0.25, -0.2) is 15.0 Å². The van der Waals surface area contributed by atoms with Crippen molar-refractivity contribution in [1.29, 1.82) is 5.26 Å². The van der Waals surface area contributed by atoms with E-state index in [1.165, 1.54) is 11.3 Å². The first kappa shape index (κ1) is 19.0. The number of ether oxygens (including phenoxy) is 1. The molecule has 146 valence electrons. The highest BCUT2D eigenvalue weighted by Crippen LogP contribution is 2.29. The van der Waals surface area contributed by atoms with Gasteiger partial charge in [0.1, 0.15) is 6.10 Å². The first-order chi connectivity index (χ1) is 14.2. The molecule has 3 aromatic rings. The molecule has 1 aliphatic rings. The van der Waals surface area contributed by atoms with E-state index in [1.54, 1.807) is 30.7 Å². The Morgan fingerprint density at radius 1 is 1.28 bits per heavy atom. The number of carbonyl (C=O) groups is 1. The molecule has 29 heavy (non-hydrogen) atoms. The standard InChI is InChI=1S/C21H19N5O2S/c1-14-15(12-22)5-9-25-20(14)28-16-4-2-10-26(13-16)21(27)17-6-11-29-18(17)19-23-7-3-8-24-19/h3,5-9,11,16H,2,4,10,13H2,1H3/t16-/m1/s1. The molecule has 1 atom stereocenters. The Kier molecular flexibility index (Phi) is 5.49. The number of aromatic nitrogens is 3. The molecule has 0 radical (unpaired) electrons. The van der Waals surface area contributed by atoms with Gasteiger partial charge in [0.05, 0.1) is 28.6 Å². The van der Waals surface area contributed by atoms with E-state index >= 15 is 0 Å². The molecule has 0 spiro atoms. The lowest BCUT2D eigenvalue weighted by Crippen LogP contribution is -2.44. The lowest BCUT2D eigenvalue weighted by molar-refractivity contribution is 0.0527. The lowest BCUT2D eigenvalue weighted by Gasteiger charge is -2.33. The predicted octanol–water partition coefficient (Wildman–Crippen LogP) is 3.46. The smallest absolute Gasteiger partial charge is 0.255 e. The Bertz CT molecular complexity index is 1060. The van der Waals surface area contributed by atoms with Gasteiger partial charge in [-0.3, -0.25) is 4.79 Å². The number of hydrogen-bond acceptors (Lipinski definition) is 7. The molecule has 0 bridgehead atoms. The molecule has 7 nitrogen and oxygen atoms in total. The van der Waals surface area contributed by atoms with Crippen LogP contribution in [0.2, 0.25) is 0 Å². The van der Waals surface area contributed by atoms with Crippen molar-refractivity contribution < 1.29 is 9.53 Å². The van der Waals surface area contributed by atoms with Crippen LogP contribution in [0.5, 0.6) is 5.88 Å².